The van der Waals surface area contributed by atoms with Gasteiger partial charge in [-0.25, -0.2) is 4.98 Å². The quantitative estimate of drug-likeness (QED) is 0.223. The first kappa shape index (κ1) is 28.1. The van der Waals surface area contributed by atoms with Crippen LogP contribution in [0.5, 0.6) is 5.75 Å². The first-order valence-electron chi connectivity index (χ1n) is 12.7. The number of benzene rings is 2. The standard InChI is InChI=1S/C29H35N9O2/c1-7-28(39)32-23-18-24(26(40-6)19-25(23)37(4)17-16-36(2)3)33-29-30-14-12-27(34-29)31-21-11-9-8-10-20(21)22-13-15-38(5)35-22/h7-15,18-19H,1,16-17H2,2-6H3,(H,32,39)(H2,30,31,33,34). The average Bonchev–Trinajstić information content (AvgIpc) is 3.38. The molecule has 3 N–H and O–H groups in total. The van der Waals surface area contributed by atoms with Crippen molar-refractivity contribution in [2.75, 3.05) is 62.2 Å². The summed E-state index contributed by atoms with van der Waals surface area (Å²) >= 11 is 0. The normalized spacial score (nSPS) is 10.8. The van der Waals surface area contributed by atoms with Crippen LogP contribution in [-0.4, -0.2) is 71.9 Å². The third-order valence-corrected chi connectivity index (χ3v) is 6.14. The van der Waals surface area contributed by atoms with Crippen LogP contribution in [0.1, 0.15) is 0 Å². The molecule has 0 unspecified atom stereocenters. The van der Waals surface area contributed by atoms with Gasteiger partial charge < -0.3 is 30.5 Å². The second kappa shape index (κ2) is 12.8. The first-order chi connectivity index (χ1) is 19.3. The van der Waals surface area contributed by atoms with Crippen molar-refractivity contribution in [1.29, 1.82) is 0 Å². The second-order valence-electron chi connectivity index (χ2n) is 9.42. The Hall–Kier alpha value is -4.90. The number of hydrogen-bond acceptors (Lipinski definition) is 9. The van der Waals surface area contributed by atoms with E-state index in [1.807, 2.05) is 76.9 Å². The lowest BCUT2D eigenvalue weighted by molar-refractivity contribution is -0.111. The molecule has 0 atom stereocenters. The molecule has 40 heavy (non-hydrogen) atoms. The topological polar surface area (TPSA) is 112 Å². The highest BCUT2D eigenvalue weighted by molar-refractivity contribution is 6.02. The van der Waals surface area contributed by atoms with Crippen molar-refractivity contribution in [3.05, 3.63) is 73.6 Å². The van der Waals surface area contributed by atoms with Gasteiger partial charge in [0, 0.05) is 56.9 Å². The molecule has 0 aliphatic heterocycles. The van der Waals surface area contributed by atoms with Gasteiger partial charge in [0.05, 0.1) is 29.9 Å². The van der Waals surface area contributed by atoms with E-state index in [0.29, 0.717) is 28.9 Å². The molecular weight excluding hydrogens is 506 g/mol. The highest BCUT2D eigenvalue weighted by Gasteiger charge is 2.17. The minimum Gasteiger partial charge on any atom is -0.494 e. The van der Waals surface area contributed by atoms with Crippen LogP contribution in [0.3, 0.4) is 0 Å². The van der Waals surface area contributed by atoms with Crippen LogP contribution in [0.2, 0.25) is 0 Å². The number of methoxy groups -OCH3 is 1. The largest absolute Gasteiger partial charge is 0.494 e. The number of hydrogen-bond donors (Lipinski definition) is 3. The summed E-state index contributed by atoms with van der Waals surface area (Å²) in [5.41, 5.74) is 4.68. The van der Waals surface area contributed by atoms with E-state index in [1.165, 1.54) is 6.08 Å². The van der Waals surface area contributed by atoms with Crippen LogP contribution in [0, 0.1) is 0 Å². The lowest BCUT2D eigenvalue weighted by Gasteiger charge is -2.26. The van der Waals surface area contributed by atoms with Gasteiger partial charge in [-0.05, 0) is 44.4 Å². The maximum absolute atomic E-state index is 12.2. The summed E-state index contributed by atoms with van der Waals surface area (Å²) in [5, 5.41) is 14.0. The number of amides is 1. The number of para-hydroxylation sites is 1. The third kappa shape index (κ3) is 6.94. The van der Waals surface area contributed by atoms with Crippen molar-refractivity contribution in [3.8, 4) is 17.0 Å². The van der Waals surface area contributed by atoms with Crippen LogP contribution in [0.4, 0.5) is 34.5 Å². The van der Waals surface area contributed by atoms with Gasteiger partial charge in [0.25, 0.3) is 0 Å². The van der Waals surface area contributed by atoms with E-state index in [9.17, 15) is 4.79 Å². The zero-order chi connectivity index (χ0) is 28.6. The molecule has 11 nitrogen and oxygen atoms in total. The van der Waals surface area contributed by atoms with Gasteiger partial charge in [-0.2, -0.15) is 10.1 Å². The maximum atomic E-state index is 12.2. The second-order valence-corrected chi connectivity index (χ2v) is 9.42. The van der Waals surface area contributed by atoms with E-state index in [-0.39, 0.29) is 5.91 Å². The molecule has 1 amide bonds. The molecule has 0 radical (unpaired) electrons. The number of aryl methyl sites for hydroxylation is 1. The predicted octanol–water partition coefficient (Wildman–Crippen LogP) is 4.50. The van der Waals surface area contributed by atoms with Crippen molar-refractivity contribution < 1.29 is 9.53 Å². The van der Waals surface area contributed by atoms with Crippen molar-refractivity contribution in [2.45, 2.75) is 0 Å². The SMILES string of the molecule is C=CC(=O)Nc1cc(Nc2nccc(Nc3ccccc3-c3ccn(C)n3)n2)c(OC)cc1N(C)CCN(C)C. The highest BCUT2D eigenvalue weighted by atomic mass is 16.5. The van der Waals surface area contributed by atoms with Crippen LogP contribution < -0.4 is 25.6 Å². The zero-order valence-electron chi connectivity index (χ0n) is 23.5. The third-order valence-electron chi connectivity index (χ3n) is 6.14. The first-order valence-corrected chi connectivity index (χ1v) is 12.7. The summed E-state index contributed by atoms with van der Waals surface area (Å²) in [5.74, 6) is 1.21. The van der Waals surface area contributed by atoms with E-state index < -0.39 is 0 Å². The molecule has 2 heterocycles. The molecule has 0 spiro atoms. The Balaban J connectivity index is 1.63. The molecule has 208 valence electrons. The molecule has 0 aliphatic carbocycles. The summed E-state index contributed by atoms with van der Waals surface area (Å²) in [4.78, 5) is 25.5. The minimum absolute atomic E-state index is 0.313. The molecule has 2 aromatic carbocycles. The molecule has 2 aromatic heterocycles. The Morgan fingerprint density at radius 2 is 1.85 bits per heavy atom. The summed E-state index contributed by atoms with van der Waals surface area (Å²) in [6, 6.07) is 15.3. The molecule has 0 aliphatic rings. The van der Waals surface area contributed by atoms with E-state index >= 15 is 0 Å². The lowest BCUT2D eigenvalue weighted by atomic mass is 10.1. The molecule has 0 saturated heterocycles. The Kier molecular flexibility index (Phi) is 8.97. The maximum Gasteiger partial charge on any atom is 0.247 e. The number of aromatic nitrogens is 4. The predicted molar refractivity (Wildman–Crippen MR) is 161 cm³/mol. The van der Waals surface area contributed by atoms with Gasteiger partial charge in [0.2, 0.25) is 11.9 Å². The minimum atomic E-state index is -0.313. The molecule has 0 saturated carbocycles. The number of nitrogens with one attached hydrogen (secondary N) is 3. The van der Waals surface area contributed by atoms with E-state index in [1.54, 1.807) is 24.1 Å². The number of nitrogens with zero attached hydrogens (tertiary/aromatic N) is 6. The molecular formula is C29H35N9O2. The average molecular weight is 542 g/mol. The van der Waals surface area contributed by atoms with Gasteiger partial charge in [-0.3, -0.25) is 9.48 Å². The molecule has 0 fully saturated rings. The van der Waals surface area contributed by atoms with Gasteiger partial charge >= 0.3 is 0 Å². The van der Waals surface area contributed by atoms with Gasteiger partial charge in [0.1, 0.15) is 11.6 Å². The van der Waals surface area contributed by atoms with Crippen LogP contribution >= 0.6 is 0 Å². The molecule has 11 heteroatoms. The molecule has 4 rings (SSSR count). The monoisotopic (exact) mass is 541 g/mol. The number of likely N-dealkylation sites (N-methyl/N-ethyl adjacent to an activating group) is 2. The Morgan fingerprint density at radius 3 is 2.55 bits per heavy atom. The summed E-state index contributed by atoms with van der Waals surface area (Å²) in [6.45, 7) is 5.17. The fourth-order valence-electron chi connectivity index (χ4n) is 4.03. The number of anilines is 6. The van der Waals surface area contributed by atoms with Crippen molar-refractivity contribution in [2.24, 2.45) is 7.05 Å². The van der Waals surface area contributed by atoms with Crippen molar-refractivity contribution >= 4 is 40.4 Å². The summed E-state index contributed by atoms with van der Waals surface area (Å²) in [7, 11) is 9.48. The number of ether oxygens (including phenoxy) is 1. The highest BCUT2D eigenvalue weighted by Crippen LogP contribution is 2.38. The van der Waals surface area contributed by atoms with Gasteiger partial charge in [-0.1, -0.05) is 24.8 Å². The lowest BCUT2D eigenvalue weighted by Crippen LogP contribution is -2.29. The van der Waals surface area contributed by atoms with Crippen molar-refractivity contribution in [1.82, 2.24) is 24.6 Å². The smallest absolute Gasteiger partial charge is 0.247 e. The fourth-order valence-corrected chi connectivity index (χ4v) is 4.03. The molecule has 0 bridgehead atoms. The summed E-state index contributed by atoms with van der Waals surface area (Å²) < 4.78 is 7.47. The zero-order valence-corrected chi connectivity index (χ0v) is 23.5. The van der Waals surface area contributed by atoms with Crippen LogP contribution in [-0.2, 0) is 11.8 Å². The Bertz CT molecular complexity index is 1480. The molecule has 4 aromatic rings. The van der Waals surface area contributed by atoms with E-state index in [4.69, 9.17) is 4.74 Å². The van der Waals surface area contributed by atoms with Crippen LogP contribution in [0.25, 0.3) is 11.3 Å². The Labute approximate surface area is 234 Å². The van der Waals surface area contributed by atoms with Crippen molar-refractivity contribution in [3.63, 3.8) is 0 Å². The number of rotatable bonds is 12. The fraction of sp³-hybridized carbons (Fsp3) is 0.241. The van der Waals surface area contributed by atoms with Gasteiger partial charge in [-0.15, -0.1) is 0 Å². The van der Waals surface area contributed by atoms with E-state index in [0.717, 1.165) is 35.7 Å². The Morgan fingerprint density at radius 1 is 1.05 bits per heavy atom. The number of carbonyl (C=O) groups is 1. The van der Waals surface area contributed by atoms with E-state index in [2.05, 4.69) is 47.4 Å². The van der Waals surface area contributed by atoms with Crippen LogP contribution in [0.15, 0.2) is 73.6 Å². The van der Waals surface area contributed by atoms with Gasteiger partial charge in [0.15, 0.2) is 0 Å². The number of carbonyl (C=O) groups excluding carboxylic acids is 1. The summed E-state index contributed by atoms with van der Waals surface area (Å²) in [6.07, 6.45) is 4.81.